The van der Waals surface area contributed by atoms with Crippen molar-refractivity contribution in [3.05, 3.63) is 59.2 Å². The first kappa shape index (κ1) is 16.5. The van der Waals surface area contributed by atoms with E-state index in [1.165, 1.54) is 4.31 Å². The van der Waals surface area contributed by atoms with Crippen LogP contribution in [0.2, 0.25) is 0 Å². The first-order valence-electron chi connectivity index (χ1n) is 7.86. The number of nitrogens with zero attached hydrogens (tertiary/aromatic N) is 1. The lowest BCUT2D eigenvalue weighted by Gasteiger charge is -2.18. The van der Waals surface area contributed by atoms with Gasteiger partial charge in [-0.05, 0) is 49.6 Å². The lowest BCUT2D eigenvalue weighted by atomic mass is 10.1. The molecule has 126 valence electrons. The molecule has 0 aliphatic carbocycles. The Balaban J connectivity index is 1.88. The van der Waals surface area contributed by atoms with Crippen LogP contribution in [-0.2, 0) is 10.0 Å². The minimum Gasteiger partial charge on any atom is -0.322 e. The van der Waals surface area contributed by atoms with Crippen LogP contribution in [0, 0.1) is 13.8 Å². The van der Waals surface area contributed by atoms with Crippen molar-refractivity contribution in [2.45, 2.75) is 20.3 Å². The summed E-state index contributed by atoms with van der Waals surface area (Å²) >= 11 is 0. The number of hydrogen-bond acceptors (Lipinski definition) is 3. The van der Waals surface area contributed by atoms with Crippen molar-refractivity contribution in [3.8, 4) is 0 Å². The van der Waals surface area contributed by atoms with Gasteiger partial charge in [0.15, 0.2) is 0 Å². The molecule has 1 fully saturated rings. The van der Waals surface area contributed by atoms with Crippen LogP contribution in [0.15, 0.2) is 42.5 Å². The molecular formula is C18H20N2O3S. The van der Waals surface area contributed by atoms with Crippen LogP contribution in [0.25, 0.3) is 0 Å². The molecule has 2 aromatic rings. The van der Waals surface area contributed by atoms with Gasteiger partial charge in [0.25, 0.3) is 5.91 Å². The molecule has 0 atom stereocenters. The number of benzene rings is 2. The molecule has 0 bridgehead atoms. The topological polar surface area (TPSA) is 66.5 Å². The van der Waals surface area contributed by atoms with E-state index in [1.807, 2.05) is 32.0 Å². The molecule has 1 amide bonds. The number of aryl methyl sites for hydroxylation is 2. The Hall–Kier alpha value is -2.34. The Kier molecular flexibility index (Phi) is 4.32. The van der Waals surface area contributed by atoms with E-state index in [2.05, 4.69) is 5.32 Å². The number of anilines is 2. The highest BCUT2D eigenvalue weighted by atomic mass is 32.2. The Morgan fingerprint density at radius 2 is 1.75 bits per heavy atom. The average Bonchev–Trinajstić information content (AvgIpc) is 2.90. The number of para-hydroxylation sites is 1. The van der Waals surface area contributed by atoms with E-state index in [-0.39, 0.29) is 11.7 Å². The second-order valence-electron chi connectivity index (χ2n) is 6.01. The molecule has 1 heterocycles. The number of sulfonamides is 1. The van der Waals surface area contributed by atoms with E-state index in [1.54, 1.807) is 24.3 Å². The zero-order valence-corrected chi connectivity index (χ0v) is 14.6. The minimum absolute atomic E-state index is 0.159. The maximum absolute atomic E-state index is 12.6. The third kappa shape index (κ3) is 3.14. The molecule has 2 aromatic carbocycles. The number of amides is 1. The van der Waals surface area contributed by atoms with Crippen molar-refractivity contribution < 1.29 is 13.2 Å². The largest absolute Gasteiger partial charge is 0.322 e. The van der Waals surface area contributed by atoms with Gasteiger partial charge in [0, 0.05) is 17.8 Å². The monoisotopic (exact) mass is 344 g/mol. The molecule has 0 radical (unpaired) electrons. The van der Waals surface area contributed by atoms with Crippen molar-refractivity contribution >= 4 is 27.3 Å². The summed E-state index contributed by atoms with van der Waals surface area (Å²) < 4.78 is 25.5. The van der Waals surface area contributed by atoms with Gasteiger partial charge in [-0.15, -0.1) is 0 Å². The fourth-order valence-corrected chi connectivity index (χ4v) is 4.49. The highest BCUT2D eigenvalue weighted by Crippen LogP contribution is 2.26. The third-order valence-electron chi connectivity index (χ3n) is 4.22. The molecule has 1 aliphatic rings. The summed E-state index contributed by atoms with van der Waals surface area (Å²) in [6, 6.07) is 12.6. The summed E-state index contributed by atoms with van der Waals surface area (Å²) in [4.78, 5) is 12.6. The predicted octanol–water partition coefficient (Wildman–Crippen LogP) is 3.10. The van der Waals surface area contributed by atoms with Crippen molar-refractivity contribution in [1.82, 2.24) is 0 Å². The van der Waals surface area contributed by atoms with Gasteiger partial charge < -0.3 is 5.32 Å². The zero-order valence-electron chi connectivity index (χ0n) is 13.7. The number of hydrogen-bond donors (Lipinski definition) is 1. The SMILES string of the molecule is Cc1cccc(C)c1NC(=O)c1cccc(N2CCCS2(=O)=O)c1. The van der Waals surface area contributed by atoms with E-state index in [4.69, 9.17) is 0 Å². The van der Waals surface area contributed by atoms with E-state index in [9.17, 15) is 13.2 Å². The van der Waals surface area contributed by atoms with E-state index in [0.29, 0.717) is 24.2 Å². The van der Waals surface area contributed by atoms with Crippen molar-refractivity contribution in [2.75, 3.05) is 21.9 Å². The summed E-state index contributed by atoms with van der Waals surface area (Å²) in [5.41, 5.74) is 3.75. The molecule has 6 heteroatoms. The zero-order chi connectivity index (χ0) is 17.3. The van der Waals surface area contributed by atoms with Gasteiger partial charge in [-0.2, -0.15) is 0 Å². The second kappa shape index (κ2) is 6.28. The highest BCUT2D eigenvalue weighted by molar-refractivity contribution is 7.93. The quantitative estimate of drug-likeness (QED) is 0.930. The van der Waals surface area contributed by atoms with Gasteiger partial charge in [0.2, 0.25) is 10.0 Å². The summed E-state index contributed by atoms with van der Waals surface area (Å²) in [6.45, 7) is 4.34. The van der Waals surface area contributed by atoms with E-state index < -0.39 is 10.0 Å². The van der Waals surface area contributed by atoms with Gasteiger partial charge in [-0.25, -0.2) is 8.42 Å². The highest BCUT2D eigenvalue weighted by Gasteiger charge is 2.28. The number of rotatable bonds is 3. The minimum atomic E-state index is -3.25. The molecule has 1 aliphatic heterocycles. The molecule has 0 aromatic heterocycles. The summed E-state index contributed by atoms with van der Waals surface area (Å²) in [7, 11) is -3.25. The molecule has 5 nitrogen and oxygen atoms in total. The van der Waals surface area contributed by atoms with Gasteiger partial charge in [0.1, 0.15) is 0 Å². The molecular weight excluding hydrogens is 324 g/mol. The lowest BCUT2D eigenvalue weighted by Crippen LogP contribution is -2.25. The van der Waals surface area contributed by atoms with Crippen LogP contribution in [0.4, 0.5) is 11.4 Å². The number of carbonyl (C=O) groups excluding carboxylic acids is 1. The van der Waals surface area contributed by atoms with Gasteiger partial charge >= 0.3 is 0 Å². The van der Waals surface area contributed by atoms with Gasteiger partial charge in [0.05, 0.1) is 11.4 Å². The van der Waals surface area contributed by atoms with E-state index >= 15 is 0 Å². The normalized spacial score (nSPS) is 16.2. The molecule has 0 unspecified atom stereocenters. The number of carbonyl (C=O) groups is 1. The van der Waals surface area contributed by atoms with E-state index in [0.717, 1.165) is 16.8 Å². The molecule has 24 heavy (non-hydrogen) atoms. The molecule has 3 rings (SSSR count). The van der Waals surface area contributed by atoms with Crippen molar-refractivity contribution in [2.24, 2.45) is 0 Å². The first-order chi connectivity index (χ1) is 11.4. The van der Waals surface area contributed by atoms with Crippen LogP contribution in [0.3, 0.4) is 0 Å². The smallest absolute Gasteiger partial charge is 0.255 e. The fraction of sp³-hybridized carbons (Fsp3) is 0.278. The van der Waals surface area contributed by atoms with Gasteiger partial charge in [-0.1, -0.05) is 24.3 Å². The first-order valence-corrected chi connectivity index (χ1v) is 9.47. The second-order valence-corrected chi connectivity index (χ2v) is 8.03. The Morgan fingerprint density at radius 3 is 2.38 bits per heavy atom. The fourth-order valence-electron chi connectivity index (χ4n) is 2.93. The van der Waals surface area contributed by atoms with Crippen molar-refractivity contribution in [3.63, 3.8) is 0 Å². The summed E-state index contributed by atoms with van der Waals surface area (Å²) in [5, 5.41) is 2.93. The summed E-state index contributed by atoms with van der Waals surface area (Å²) in [5.74, 6) is -0.0860. The van der Waals surface area contributed by atoms with Crippen LogP contribution >= 0.6 is 0 Å². The lowest BCUT2D eigenvalue weighted by molar-refractivity contribution is 0.102. The number of nitrogens with one attached hydrogen (secondary N) is 1. The maximum Gasteiger partial charge on any atom is 0.255 e. The third-order valence-corrected chi connectivity index (χ3v) is 6.08. The van der Waals surface area contributed by atoms with Crippen LogP contribution in [0.5, 0.6) is 0 Å². The Bertz CT molecular complexity index is 871. The standard InChI is InChI=1S/C18H20N2O3S/c1-13-6-3-7-14(2)17(13)19-18(21)15-8-4-9-16(12-15)20-10-5-11-24(20,22)23/h3-4,6-9,12H,5,10-11H2,1-2H3,(H,19,21). The predicted molar refractivity (Wildman–Crippen MR) is 96.1 cm³/mol. The molecule has 1 N–H and O–H groups in total. The average molecular weight is 344 g/mol. The van der Waals surface area contributed by atoms with Gasteiger partial charge in [-0.3, -0.25) is 9.10 Å². The summed E-state index contributed by atoms with van der Waals surface area (Å²) in [6.07, 6.45) is 0.612. The molecule has 0 saturated carbocycles. The van der Waals surface area contributed by atoms with Crippen LogP contribution in [-0.4, -0.2) is 26.6 Å². The Morgan fingerprint density at radius 1 is 1.08 bits per heavy atom. The van der Waals surface area contributed by atoms with Crippen molar-refractivity contribution in [1.29, 1.82) is 0 Å². The Labute approximate surface area is 142 Å². The molecule has 0 spiro atoms. The van der Waals surface area contributed by atoms with Crippen LogP contribution < -0.4 is 9.62 Å². The maximum atomic E-state index is 12.6. The molecule has 1 saturated heterocycles. The van der Waals surface area contributed by atoms with Crippen LogP contribution in [0.1, 0.15) is 27.9 Å².